The van der Waals surface area contributed by atoms with Gasteiger partial charge in [-0.05, 0) is 67.4 Å². The van der Waals surface area contributed by atoms with Crippen molar-refractivity contribution in [3.63, 3.8) is 0 Å². The highest BCUT2D eigenvalue weighted by molar-refractivity contribution is 6.06. The largest absolute Gasteiger partial charge is 0.338 e. The summed E-state index contributed by atoms with van der Waals surface area (Å²) in [6.45, 7) is 2.72. The predicted molar refractivity (Wildman–Crippen MR) is 117 cm³/mol. The number of hydrogen-bond acceptors (Lipinski definition) is 2. The van der Waals surface area contributed by atoms with Gasteiger partial charge >= 0.3 is 6.03 Å². The number of carbonyl (C=O) groups is 2. The Bertz CT molecular complexity index is 991. The van der Waals surface area contributed by atoms with Gasteiger partial charge in [-0.25, -0.2) is 9.18 Å². The number of urea groups is 1. The molecule has 30 heavy (non-hydrogen) atoms. The maximum absolute atomic E-state index is 13.3. The van der Waals surface area contributed by atoms with Crippen LogP contribution in [0, 0.1) is 12.7 Å². The van der Waals surface area contributed by atoms with Crippen LogP contribution in [0.5, 0.6) is 0 Å². The fraction of sp³-hybridized carbons (Fsp3) is 0.167. The third-order valence-electron chi connectivity index (χ3n) is 4.52. The first kappa shape index (κ1) is 21.0. The van der Waals surface area contributed by atoms with Gasteiger partial charge in [0, 0.05) is 30.0 Å². The van der Waals surface area contributed by atoms with E-state index in [2.05, 4.69) is 10.6 Å². The highest BCUT2D eigenvalue weighted by atomic mass is 19.1. The van der Waals surface area contributed by atoms with Gasteiger partial charge in [-0.15, -0.1) is 0 Å². The molecule has 0 aliphatic carbocycles. The smallest absolute Gasteiger partial charge is 0.319 e. The van der Waals surface area contributed by atoms with Crippen molar-refractivity contribution in [2.75, 3.05) is 23.3 Å². The third kappa shape index (κ3) is 5.91. The van der Waals surface area contributed by atoms with E-state index in [1.165, 1.54) is 12.1 Å². The van der Waals surface area contributed by atoms with Gasteiger partial charge in [0.15, 0.2) is 0 Å². The van der Waals surface area contributed by atoms with Gasteiger partial charge in [0.2, 0.25) is 0 Å². The third-order valence-corrected chi connectivity index (χ3v) is 4.52. The van der Waals surface area contributed by atoms with Crippen LogP contribution in [0.4, 0.5) is 20.6 Å². The highest BCUT2D eigenvalue weighted by Gasteiger charge is 2.17. The van der Waals surface area contributed by atoms with Gasteiger partial charge in [0.25, 0.3) is 5.91 Å². The van der Waals surface area contributed by atoms with Crippen LogP contribution in [-0.2, 0) is 0 Å². The van der Waals surface area contributed by atoms with Gasteiger partial charge in [0.05, 0.1) is 0 Å². The topological polar surface area (TPSA) is 61.4 Å². The Hall–Kier alpha value is -3.67. The van der Waals surface area contributed by atoms with Crippen molar-refractivity contribution >= 4 is 23.3 Å². The SMILES string of the molecule is Cc1cccc(NC(=O)NCCCN(C(=O)c2ccccc2)c2ccc(F)cc2)c1. The van der Waals surface area contributed by atoms with Crippen LogP contribution in [-0.4, -0.2) is 25.0 Å². The van der Waals surface area contributed by atoms with E-state index < -0.39 is 0 Å². The minimum absolute atomic E-state index is 0.175. The minimum Gasteiger partial charge on any atom is -0.338 e. The van der Waals surface area contributed by atoms with Crippen molar-refractivity contribution in [3.05, 3.63) is 95.8 Å². The maximum Gasteiger partial charge on any atom is 0.319 e. The Morgan fingerprint density at radius 3 is 2.37 bits per heavy atom. The molecule has 0 bridgehead atoms. The quantitative estimate of drug-likeness (QED) is 0.544. The van der Waals surface area contributed by atoms with E-state index in [0.29, 0.717) is 30.8 Å². The summed E-state index contributed by atoms with van der Waals surface area (Å²) in [4.78, 5) is 26.6. The number of aryl methyl sites for hydroxylation is 1. The minimum atomic E-state index is -0.361. The van der Waals surface area contributed by atoms with Gasteiger partial charge in [-0.3, -0.25) is 4.79 Å². The standard InChI is InChI=1S/C24H24FN3O2/c1-18-7-5-10-21(17-18)27-24(30)26-15-6-16-28(22-13-11-20(25)12-14-22)23(29)19-8-3-2-4-9-19/h2-5,7-14,17H,6,15-16H2,1H3,(H2,26,27,30). The van der Waals surface area contributed by atoms with Gasteiger partial charge < -0.3 is 15.5 Å². The number of nitrogens with one attached hydrogen (secondary N) is 2. The fourth-order valence-electron chi connectivity index (χ4n) is 3.04. The summed E-state index contributed by atoms with van der Waals surface area (Å²) < 4.78 is 13.3. The van der Waals surface area contributed by atoms with Gasteiger partial charge in [-0.1, -0.05) is 30.3 Å². The Balaban J connectivity index is 1.59. The van der Waals surface area contributed by atoms with E-state index in [-0.39, 0.29) is 17.8 Å². The average molecular weight is 405 g/mol. The molecule has 3 amide bonds. The van der Waals surface area contributed by atoms with E-state index in [1.807, 2.05) is 37.3 Å². The number of benzene rings is 3. The summed E-state index contributed by atoms with van der Waals surface area (Å²) in [6.07, 6.45) is 0.539. The second kappa shape index (κ2) is 10.2. The lowest BCUT2D eigenvalue weighted by Crippen LogP contribution is -2.35. The summed E-state index contributed by atoms with van der Waals surface area (Å²) in [5.74, 6) is -0.535. The van der Waals surface area contributed by atoms with Gasteiger partial charge in [-0.2, -0.15) is 0 Å². The van der Waals surface area contributed by atoms with Crippen molar-refractivity contribution < 1.29 is 14.0 Å². The Morgan fingerprint density at radius 2 is 1.67 bits per heavy atom. The molecular formula is C24H24FN3O2. The van der Waals surface area contributed by atoms with E-state index in [0.717, 1.165) is 11.3 Å². The second-order valence-corrected chi connectivity index (χ2v) is 6.90. The maximum atomic E-state index is 13.3. The first-order valence-electron chi connectivity index (χ1n) is 9.77. The zero-order valence-electron chi connectivity index (χ0n) is 16.8. The number of rotatable bonds is 7. The van der Waals surface area contributed by atoms with Gasteiger partial charge in [0.1, 0.15) is 5.82 Å². The molecule has 0 aromatic heterocycles. The highest BCUT2D eigenvalue weighted by Crippen LogP contribution is 2.18. The normalized spacial score (nSPS) is 10.3. The van der Waals surface area contributed by atoms with Crippen molar-refractivity contribution in [2.24, 2.45) is 0 Å². The first-order valence-corrected chi connectivity index (χ1v) is 9.77. The number of anilines is 2. The van der Waals surface area contributed by atoms with Crippen LogP contribution in [0.1, 0.15) is 22.3 Å². The Morgan fingerprint density at radius 1 is 0.933 bits per heavy atom. The molecule has 3 aromatic rings. The second-order valence-electron chi connectivity index (χ2n) is 6.90. The molecule has 3 aromatic carbocycles. The molecular weight excluding hydrogens is 381 g/mol. The molecule has 6 heteroatoms. The number of nitrogens with zero attached hydrogens (tertiary/aromatic N) is 1. The molecule has 0 radical (unpaired) electrons. The molecule has 0 saturated carbocycles. The molecule has 5 nitrogen and oxygen atoms in total. The Kier molecular flexibility index (Phi) is 7.16. The van der Waals surface area contributed by atoms with E-state index in [4.69, 9.17) is 0 Å². The Labute approximate surface area is 175 Å². The van der Waals surface area contributed by atoms with Crippen molar-refractivity contribution in [1.29, 1.82) is 0 Å². The molecule has 0 aliphatic rings. The molecule has 0 saturated heterocycles. The van der Waals surface area contributed by atoms with Crippen molar-refractivity contribution in [1.82, 2.24) is 5.32 Å². The van der Waals surface area contributed by atoms with Crippen molar-refractivity contribution in [2.45, 2.75) is 13.3 Å². The van der Waals surface area contributed by atoms with Crippen LogP contribution in [0.15, 0.2) is 78.9 Å². The van der Waals surface area contributed by atoms with E-state index in [1.54, 1.807) is 41.3 Å². The zero-order valence-corrected chi connectivity index (χ0v) is 16.8. The number of carbonyl (C=O) groups excluding carboxylic acids is 2. The first-order chi connectivity index (χ1) is 14.5. The van der Waals surface area contributed by atoms with Crippen molar-refractivity contribution in [3.8, 4) is 0 Å². The molecule has 3 rings (SSSR count). The molecule has 0 heterocycles. The lowest BCUT2D eigenvalue weighted by molar-refractivity contribution is 0.0986. The van der Waals surface area contributed by atoms with E-state index >= 15 is 0 Å². The summed E-state index contributed by atoms with van der Waals surface area (Å²) in [7, 11) is 0. The van der Waals surface area contributed by atoms with Crippen LogP contribution in [0.3, 0.4) is 0 Å². The fourth-order valence-corrected chi connectivity index (χ4v) is 3.04. The predicted octanol–water partition coefficient (Wildman–Crippen LogP) is 4.99. The van der Waals surface area contributed by atoms with Crippen LogP contribution < -0.4 is 15.5 Å². The monoisotopic (exact) mass is 405 g/mol. The summed E-state index contributed by atoms with van der Waals surface area (Å²) in [6, 6.07) is 22.0. The molecule has 154 valence electrons. The van der Waals surface area contributed by atoms with Crippen LogP contribution in [0.2, 0.25) is 0 Å². The molecule has 0 aliphatic heterocycles. The van der Waals surface area contributed by atoms with Crippen LogP contribution in [0.25, 0.3) is 0 Å². The molecule has 0 unspecified atom stereocenters. The van der Waals surface area contributed by atoms with Crippen LogP contribution >= 0.6 is 0 Å². The summed E-state index contributed by atoms with van der Waals surface area (Å²) >= 11 is 0. The molecule has 0 fully saturated rings. The summed E-state index contributed by atoms with van der Waals surface area (Å²) in [5.41, 5.74) is 2.93. The number of halogens is 1. The van der Waals surface area contributed by atoms with E-state index in [9.17, 15) is 14.0 Å². The summed E-state index contributed by atoms with van der Waals surface area (Å²) in [5, 5.41) is 5.58. The number of amides is 3. The zero-order chi connectivity index (χ0) is 21.3. The number of hydrogen-bond donors (Lipinski definition) is 2. The molecule has 2 N–H and O–H groups in total. The molecule has 0 atom stereocenters. The average Bonchev–Trinajstić information content (AvgIpc) is 2.75. The lowest BCUT2D eigenvalue weighted by Gasteiger charge is -2.23. The molecule has 0 spiro atoms. The lowest BCUT2D eigenvalue weighted by atomic mass is 10.1.